The molecule has 3 aromatic rings. The van der Waals surface area contributed by atoms with E-state index >= 15 is 0 Å². The first-order valence-electron chi connectivity index (χ1n) is 8.53. The third kappa shape index (κ3) is 5.10. The van der Waals surface area contributed by atoms with Crippen LogP contribution in [0.3, 0.4) is 0 Å². The van der Waals surface area contributed by atoms with Gasteiger partial charge < -0.3 is 4.74 Å². The molecule has 0 saturated carbocycles. The van der Waals surface area contributed by atoms with E-state index in [4.69, 9.17) is 0 Å². The molecule has 0 unspecified atom stereocenters. The molecule has 0 N–H and O–H groups in total. The highest BCUT2D eigenvalue weighted by atomic mass is 19.1. The van der Waals surface area contributed by atoms with Crippen molar-refractivity contribution in [2.24, 2.45) is 9.98 Å². The Balaban J connectivity index is 1.77. The summed E-state index contributed by atoms with van der Waals surface area (Å²) in [5.74, 6) is -0.698. The summed E-state index contributed by atoms with van der Waals surface area (Å²) >= 11 is 0. The molecule has 0 radical (unpaired) electrons. The van der Waals surface area contributed by atoms with Gasteiger partial charge in [-0.25, -0.2) is 9.18 Å². The number of carbonyl (C=O) groups is 1. The van der Waals surface area contributed by atoms with Crippen LogP contribution in [0.1, 0.15) is 5.56 Å². The van der Waals surface area contributed by atoms with Crippen LogP contribution in [0.5, 0.6) is 0 Å². The number of ether oxygens (including phenoxy) is 1. The first-order chi connectivity index (χ1) is 13.7. The number of rotatable bonds is 5. The van der Waals surface area contributed by atoms with Crippen LogP contribution in [0.2, 0.25) is 0 Å². The van der Waals surface area contributed by atoms with Crippen molar-refractivity contribution < 1.29 is 13.9 Å². The summed E-state index contributed by atoms with van der Waals surface area (Å²) in [5, 5.41) is 0. The van der Waals surface area contributed by atoms with Crippen LogP contribution in [0.4, 0.5) is 15.8 Å². The monoisotopic (exact) mass is 372 g/mol. The van der Waals surface area contributed by atoms with Gasteiger partial charge in [0.25, 0.3) is 0 Å². The van der Waals surface area contributed by atoms with Gasteiger partial charge in [-0.15, -0.1) is 0 Å². The van der Waals surface area contributed by atoms with Crippen LogP contribution in [0.25, 0.3) is 17.2 Å². The van der Waals surface area contributed by atoms with Crippen molar-refractivity contribution in [3.8, 4) is 11.1 Å². The van der Waals surface area contributed by atoms with Gasteiger partial charge >= 0.3 is 5.97 Å². The number of carbonyl (C=O) groups excluding carboxylic acids is 1. The average molecular weight is 372 g/mol. The fourth-order valence-corrected chi connectivity index (χ4v) is 2.46. The molecule has 0 spiro atoms. The van der Waals surface area contributed by atoms with Gasteiger partial charge in [0.05, 0.1) is 18.5 Å². The molecule has 5 heteroatoms. The normalized spacial score (nSPS) is 10.4. The molecule has 4 nitrogen and oxygen atoms in total. The Kier molecular flexibility index (Phi) is 6.24. The van der Waals surface area contributed by atoms with Gasteiger partial charge in [0, 0.05) is 11.6 Å². The molecule has 0 bridgehead atoms. The molecule has 3 aromatic carbocycles. The summed E-state index contributed by atoms with van der Waals surface area (Å²) < 4.78 is 17.6. The molecule has 0 aliphatic carbocycles. The standard InChI is InChI=1S/C23H17FN2O2/c1-28-23(27)15-10-19-4-2-3-5-22(19)26-16-25-21-13-8-18(9-14-21)17-6-11-20(24)12-7-17/h2-15H,1H3/b15-10+. The van der Waals surface area contributed by atoms with Crippen LogP contribution in [-0.2, 0) is 9.53 Å². The predicted octanol–water partition coefficient (Wildman–Crippen LogP) is 5.82. The Morgan fingerprint density at radius 3 is 2.25 bits per heavy atom. The highest BCUT2D eigenvalue weighted by Crippen LogP contribution is 2.23. The molecule has 138 valence electrons. The van der Waals surface area contributed by atoms with Crippen LogP contribution < -0.4 is 0 Å². The fourth-order valence-electron chi connectivity index (χ4n) is 2.46. The molecular weight excluding hydrogens is 355 g/mol. The van der Waals surface area contributed by atoms with Gasteiger partial charge in [0.2, 0.25) is 0 Å². The predicted molar refractivity (Wildman–Crippen MR) is 109 cm³/mol. The first kappa shape index (κ1) is 19.0. The molecule has 0 atom stereocenters. The van der Waals surface area contributed by atoms with Crippen molar-refractivity contribution in [3.63, 3.8) is 0 Å². The number of methoxy groups -OCH3 is 1. The van der Waals surface area contributed by atoms with Crippen LogP contribution in [0, 0.1) is 5.82 Å². The molecule has 0 aliphatic heterocycles. The Morgan fingerprint density at radius 2 is 1.57 bits per heavy atom. The van der Waals surface area contributed by atoms with E-state index in [2.05, 4.69) is 20.7 Å². The van der Waals surface area contributed by atoms with Gasteiger partial charge in [0.15, 0.2) is 0 Å². The van der Waals surface area contributed by atoms with Crippen molar-refractivity contribution >= 4 is 29.4 Å². The largest absolute Gasteiger partial charge is 0.466 e. The topological polar surface area (TPSA) is 51.0 Å². The van der Waals surface area contributed by atoms with E-state index < -0.39 is 5.97 Å². The lowest BCUT2D eigenvalue weighted by molar-refractivity contribution is -0.134. The molecular formula is C23H17FN2O2. The Labute approximate surface area is 162 Å². The third-order valence-electron chi connectivity index (χ3n) is 3.93. The highest BCUT2D eigenvalue weighted by Gasteiger charge is 1.99. The summed E-state index contributed by atoms with van der Waals surface area (Å²) in [5.41, 5.74) is 3.97. The van der Waals surface area contributed by atoms with E-state index in [1.165, 1.54) is 25.3 Å². The van der Waals surface area contributed by atoms with E-state index in [0.29, 0.717) is 11.4 Å². The summed E-state index contributed by atoms with van der Waals surface area (Å²) in [7, 11) is 1.32. The minimum atomic E-state index is -0.436. The van der Waals surface area contributed by atoms with E-state index in [0.717, 1.165) is 16.7 Å². The fraction of sp³-hybridized carbons (Fsp3) is 0.0435. The van der Waals surface area contributed by atoms with Gasteiger partial charge in [-0.1, -0.05) is 42.5 Å². The number of hydrogen-bond acceptors (Lipinski definition) is 4. The molecule has 0 saturated heterocycles. The number of benzene rings is 3. The van der Waals surface area contributed by atoms with Crippen molar-refractivity contribution in [3.05, 3.63) is 90.3 Å². The average Bonchev–Trinajstić information content (AvgIpc) is 2.74. The van der Waals surface area contributed by atoms with Crippen molar-refractivity contribution in [1.29, 1.82) is 0 Å². The lowest BCUT2D eigenvalue weighted by Crippen LogP contribution is -1.93. The zero-order valence-corrected chi connectivity index (χ0v) is 15.2. The van der Waals surface area contributed by atoms with Gasteiger partial charge in [-0.2, -0.15) is 9.98 Å². The molecule has 0 fully saturated rings. The van der Waals surface area contributed by atoms with E-state index in [-0.39, 0.29) is 5.82 Å². The van der Waals surface area contributed by atoms with E-state index in [1.807, 2.05) is 42.5 Å². The number of hydrogen-bond donors (Lipinski definition) is 0. The van der Waals surface area contributed by atoms with Gasteiger partial charge in [-0.05, 0) is 47.5 Å². The summed E-state index contributed by atoms with van der Waals surface area (Å²) in [6, 6.07) is 23.8. The van der Waals surface area contributed by atoms with E-state index in [9.17, 15) is 9.18 Å². The molecule has 3 rings (SSSR count). The smallest absolute Gasteiger partial charge is 0.330 e. The molecule has 0 aromatic heterocycles. The number of nitrogens with zero attached hydrogens (tertiary/aromatic N) is 2. The highest BCUT2D eigenvalue weighted by molar-refractivity contribution is 5.88. The summed E-state index contributed by atoms with van der Waals surface area (Å²) in [6.45, 7) is 0. The number of para-hydroxylation sites is 1. The maximum Gasteiger partial charge on any atom is 0.330 e. The minimum Gasteiger partial charge on any atom is -0.466 e. The Bertz CT molecular complexity index is 1050. The summed E-state index contributed by atoms with van der Waals surface area (Å²) in [4.78, 5) is 19.7. The first-order valence-corrected chi connectivity index (χ1v) is 8.53. The second-order valence-corrected chi connectivity index (χ2v) is 5.79. The maximum absolute atomic E-state index is 13.0. The number of halogens is 1. The quantitative estimate of drug-likeness (QED) is 0.322. The minimum absolute atomic E-state index is 0.261. The second-order valence-electron chi connectivity index (χ2n) is 5.79. The molecule has 28 heavy (non-hydrogen) atoms. The van der Waals surface area contributed by atoms with Crippen molar-refractivity contribution in [2.45, 2.75) is 0 Å². The second kappa shape index (κ2) is 9.21. The van der Waals surface area contributed by atoms with Gasteiger partial charge in [0.1, 0.15) is 11.8 Å². The van der Waals surface area contributed by atoms with Crippen LogP contribution in [0.15, 0.2) is 88.9 Å². The SMILES string of the molecule is COC(=O)/C=C/c1ccccc1N=C=Nc1ccc(-c2ccc(F)cc2)cc1. The molecule has 0 aliphatic rings. The van der Waals surface area contributed by atoms with Crippen LogP contribution >= 0.6 is 0 Å². The molecule has 0 heterocycles. The van der Waals surface area contributed by atoms with Crippen LogP contribution in [-0.4, -0.2) is 19.1 Å². The van der Waals surface area contributed by atoms with Crippen molar-refractivity contribution in [2.75, 3.05) is 7.11 Å². The lowest BCUT2D eigenvalue weighted by Gasteiger charge is -2.01. The maximum atomic E-state index is 13.0. The van der Waals surface area contributed by atoms with Crippen molar-refractivity contribution in [1.82, 2.24) is 0 Å². The Morgan fingerprint density at radius 1 is 0.929 bits per heavy atom. The number of aliphatic imine (C=N–C) groups is 2. The zero-order chi connectivity index (χ0) is 19.8. The lowest BCUT2D eigenvalue weighted by atomic mass is 10.1. The van der Waals surface area contributed by atoms with Gasteiger partial charge in [-0.3, -0.25) is 0 Å². The number of esters is 1. The molecule has 0 amide bonds. The zero-order valence-electron chi connectivity index (χ0n) is 15.2. The third-order valence-corrected chi connectivity index (χ3v) is 3.93. The Hall–Kier alpha value is -3.82. The summed E-state index contributed by atoms with van der Waals surface area (Å²) in [6.07, 6.45) is 2.96. The van der Waals surface area contributed by atoms with E-state index in [1.54, 1.807) is 24.3 Å².